The molecule has 4 nitrogen and oxygen atoms in total. The zero-order chi connectivity index (χ0) is 19.2. The molecule has 5 heteroatoms. The molecule has 1 N–H and O–H groups in total. The van der Waals surface area contributed by atoms with Crippen molar-refractivity contribution in [2.75, 3.05) is 19.6 Å². The molecule has 0 bridgehead atoms. The van der Waals surface area contributed by atoms with E-state index in [0.717, 1.165) is 43.5 Å². The number of aryl methyl sites for hydroxylation is 1. The van der Waals surface area contributed by atoms with E-state index in [-0.39, 0.29) is 17.4 Å². The Bertz CT molecular complexity index is 796. The average Bonchev–Trinajstić information content (AvgIpc) is 2.69. The van der Waals surface area contributed by atoms with Gasteiger partial charge in [-0.1, -0.05) is 29.8 Å². The molecule has 1 saturated heterocycles. The van der Waals surface area contributed by atoms with Crippen molar-refractivity contribution in [3.63, 3.8) is 0 Å². The minimum atomic E-state index is -0.502. The first-order chi connectivity index (χ1) is 13.0. The Balaban J connectivity index is 1.42. The predicted octanol–water partition coefficient (Wildman–Crippen LogP) is 3.81. The molecule has 0 unspecified atom stereocenters. The van der Waals surface area contributed by atoms with Gasteiger partial charge in [0.15, 0.2) is 0 Å². The highest BCUT2D eigenvalue weighted by atomic mass is 19.1. The van der Waals surface area contributed by atoms with E-state index in [1.807, 2.05) is 36.1 Å². The molecule has 0 aromatic heterocycles. The summed E-state index contributed by atoms with van der Waals surface area (Å²) in [4.78, 5) is 26.5. The standard InChI is InChI=1S/C22H25FN2O2/c1-16-6-8-18(9-7-16)22(27)25-14-11-17(12-15-25)10-13-24-21(26)19-4-2-3-5-20(19)23/h2-9,17H,10-15H2,1H3,(H,24,26). The zero-order valence-electron chi connectivity index (χ0n) is 15.6. The van der Waals surface area contributed by atoms with Gasteiger partial charge in [-0.2, -0.15) is 0 Å². The fourth-order valence-corrected chi connectivity index (χ4v) is 3.43. The fourth-order valence-electron chi connectivity index (χ4n) is 3.43. The molecular formula is C22H25FN2O2. The predicted molar refractivity (Wildman–Crippen MR) is 103 cm³/mol. The topological polar surface area (TPSA) is 49.4 Å². The molecule has 142 valence electrons. The van der Waals surface area contributed by atoms with Crippen molar-refractivity contribution in [1.29, 1.82) is 0 Å². The van der Waals surface area contributed by atoms with Crippen molar-refractivity contribution in [1.82, 2.24) is 10.2 Å². The van der Waals surface area contributed by atoms with Crippen LogP contribution in [0.2, 0.25) is 0 Å². The van der Waals surface area contributed by atoms with Gasteiger partial charge >= 0.3 is 0 Å². The van der Waals surface area contributed by atoms with Gasteiger partial charge in [0, 0.05) is 25.2 Å². The molecule has 27 heavy (non-hydrogen) atoms. The van der Waals surface area contributed by atoms with Gasteiger partial charge in [-0.3, -0.25) is 9.59 Å². The van der Waals surface area contributed by atoms with Gasteiger partial charge in [0.2, 0.25) is 0 Å². The first-order valence-electron chi connectivity index (χ1n) is 9.43. The summed E-state index contributed by atoms with van der Waals surface area (Å²) in [7, 11) is 0. The number of carbonyl (C=O) groups is 2. The summed E-state index contributed by atoms with van der Waals surface area (Å²) in [5, 5.41) is 2.79. The number of carbonyl (C=O) groups excluding carboxylic acids is 2. The van der Waals surface area contributed by atoms with Crippen LogP contribution in [-0.2, 0) is 0 Å². The van der Waals surface area contributed by atoms with Crippen molar-refractivity contribution in [3.8, 4) is 0 Å². The Morgan fingerprint density at radius 2 is 1.74 bits per heavy atom. The van der Waals surface area contributed by atoms with Crippen molar-refractivity contribution >= 4 is 11.8 Å². The summed E-state index contributed by atoms with van der Waals surface area (Å²) in [5.74, 6) is -0.327. The third-order valence-corrected chi connectivity index (χ3v) is 5.16. The number of hydrogen-bond donors (Lipinski definition) is 1. The number of rotatable bonds is 5. The second-order valence-electron chi connectivity index (χ2n) is 7.13. The number of likely N-dealkylation sites (tertiary alicyclic amines) is 1. The van der Waals surface area contributed by atoms with Crippen molar-refractivity contribution in [3.05, 3.63) is 71.0 Å². The van der Waals surface area contributed by atoms with Crippen molar-refractivity contribution in [2.45, 2.75) is 26.2 Å². The van der Waals surface area contributed by atoms with Crippen LogP contribution in [0.3, 0.4) is 0 Å². The first-order valence-corrected chi connectivity index (χ1v) is 9.43. The number of amides is 2. The summed E-state index contributed by atoms with van der Waals surface area (Å²) in [6.07, 6.45) is 2.69. The average molecular weight is 368 g/mol. The zero-order valence-corrected chi connectivity index (χ0v) is 15.6. The molecule has 1 aliphatic rings. The summed E-state index contributed by atoms with van der Waals surface area (Å²) in [6, 6.07) is 13.7. The Morgan fingerprint density at radius 3 is 2.41 bits per heavy atom. The quantitative estimate of drug-likeness (QED) is 0.873. The van der Waals surface area contributed by atoms with Crippen molar-refractivity contribution < 1.29 is 14.0 Å². The normalized spacial score (nSPS) is 14.8. The Kier molecular flexibility index (Phi) is 6.22. The van der Waals surface area contributed by atoms with E-state index in [1.165, 1.54) is 12.1 Å². The van der Waals surface area contributed by atoms with E-state index in [2.05, 4.69) is 5.32 Å². The second kappa shape index (κ2) is 8.80. The summed E-state index contributed by atoms with van der Waals surface area (Å²) < 4.78 is 13.6. The van der Waals surface area contributed by atoms with E-state index in [0.29, 0.717) is 12.5 Å². The highest BCUT2D eigenvalue weighted by Crippen LogP contribution is 2.21. The summed E-state index contributed by atoms with van der Waals surface area (Å²) >= 11 is 0. The monoisotopic (exact) mass is 368 g/mol. The minimum Gasteiger partial charge on any atom is -0.352 e. The summed E-state index contributed by atoms with van der Waals surface area (Å²) in [6.45, 7) is 3.99. The lowest BCUT2D eigenvalue weighted by atomic mass is 9.93. The van der Waals surface area contributed by atoms with E-state index in [1.54, 1.807) is 12.1 Å². The summed E-state index contributed by atoms with van der Waals surface area (Å²) in [5.41, 5.74) is 1.95. The molecule has 0 aliphatic carbocycles. The molecule has 2 aromatic rings. The third kappa shape index (κ3) is 4.94. The maximum atomic E-state index is 13.6. The van der Waals surface area contributed by atoms with Gasteiger partial charge < -0.3 is 10.2 Å². The molecule has 1 heterocycles. The molecule has 2 aromatic carbocycles. The lowest BCUT2D eigenvalue weighted by Crippen LogP contribution is -2.39. The maximum Gasteiger partial charge on any atom is 0.254 e. The van der Waals surface area contributed by atoms with Gasteiger partial charge in [-0.25, -0.2) is 4.39 Å². The van der Waals surface area contributed by atoms with Crippen LogP contribution in [-0.4, -0.2) is 36.3 Å². The molecule has 0 saturated carbocycles. The smallest absolute Gasteiger partial charge is 0.254 e. The lowest BCUT2D eigenvalue weighted by Gasteiger charge is -2.32. The van der Waals surface area contributed by atoms with Crippen LogP contribution in [0.15, 0.2) is 48.5 Å². The van der Waals surface area contributed by atoms with E-state index >= 15 is 0 Å². The number of nitrogens with one attached hydrogen (secondary N) is 1. The van der Waals surface area contributed by atoms with Gasteiger partial charge in [0.05, 0.1) is 5.56 Å². The van der Waals surface area contributed by atoms with E-state index in [4.69, 9.17) is 0 Å². The number of nitrogens with zero attached hydrogens (tertiary/aromatic N) is 1. The number of benzene rings is 2. The fraction of sp³-hybridized carbons (Fsp3) is 0.364. The SMILES string of the molecule is Cc1ccc(C(=O)N2CCC(CCNC(=O)c3ccccc3F)CC2)cc1. The van der Waals surface area contributed by atoms with Crippen LogP contribution < -0.4 is 5.32 Å². The van der Waals surface area contributed by atoms with Gasteiger partial charge in [0.1, 0.15) is 5.82 Å². The largest absolute Gasteiger partial charge is 0.352 e. The van der Waals surface area contributed by atoms with Crippen LogP contribution >= 0.6 is 0 Å². The maximum absolute atomic E-state index is 13.6. The molecular weight excluding hydrogens is 343 g/mol. The Labute approximate surface area is 159 Å². The number of hydrogen-bond acceptors (Lipinski definition) is 2. The van der Waals surface area contributed by atoms with E-state index < -0.39 is 5.82 Å². The minimum absolute atomic E-state index is 0.0796. The molecule has 2 amide bonds. The molecule has 0 spiro atoms. The molecule has 1 fully saturated rings. The lowest BCUT2D eigenvalue weighted by molar-refractivity contribution is 0.0687. The molecule has 1 aliphatic heterocycles. The van der Waals surface area contributed by atoms with Crippen LogP contribution in [0.5, 0.6) is 0 Å². The van der Waals surface area contributed by atoms with Crippen LogP contribution in [0.4, 0.5) is 4.39 Å². The molecule has 3 rings (SSSR count). The van der Waals surface area contributed by atoms with Crippen LogP contribution in [0.25, 0.3) is 0 Å². The Hall–Kier alpha value is -2.69. The third-order valence-electron chi connectivity index (χ3n) is 5.16. The molecule has 0 radical (unpaired) electrons. The van der Waals surface area contributed by atoms with Crippen LogP contribution in [0, 0.1) is 18.7 Å². The van der Waals surface area contributed by atoms with Crippen molar-refractivity contribution in [2.24, 2.45) is 5.92 Å². The number of piperidine rings is 1. The molecule has 0 atom stereocenters. The highest BCUT2D eigenvalue weighted by Gasteiger charge is 2.23. The second-order valence-corrected chi connectivity index (χ2v) is 7.13. The Morgan fingerprint density at radius 1 is 1.07 bits per heavy atom. The van der Waals surface area contributed by atoms with E-state index in [9.17, 15) is 14.0 Å². The number of halogens is 1. The van der Waals surface area contributed by atoms with Crippen LogP contribution in [0.1, 0.15) is 45.5 Å². The highest BCUT2D eigenvalue weighted by molar-refractivity contribution is 5.94. The van der Waals surface area contributed by atoms with Gasteiger partial charge in [-0.05, 0) is 56.4 Å². The first kappa shape index (κ1) is 19.1. The van der Waals surface area contributed by atoms with Gasteiger partial charge in [0.25, 0.3) is 11.8 Å². The van der Waals surface area contributed by atoms with Gasteiger partial charge in [-0.15, -0.1) is 0 Å².